The molecule has 0 heterocycles. The van der Waals surface area contributed by atoms with Crippen molar-refractivity contribution in [2.24, 2.45) is 0 Å². The van der Waals surface area contributed by atoms with Crippen molar-refractivity contribution in [3.8, 4) is 17.2 Å². The van der Waals surface area contributed by atoms with E-state index in [4.69, 9.17) is 25.8 Å². The van der Waals surface area contributed by atoms with Crippen molar-refractivity contribution in [3.05, 3.63) is 65.7 Å². The molecule has 0 radical (unpaired) electrons. The van der Waals surface area contributed by atoms with Crippen LogP contribution in [0.4, 0.5) is 0 Å². The van der Waals surface area contributed by atoms with E-state index in [1.165, 1.54) is 0 Å². The Morgan fingerprint density at radius 3 is 2.42 bits per heavy atom. The van der Waals surface area contributed by atoms with Crippen LogP contribution < -0.4 is 9.47 Å². The third-order valence-corrected chi connectivity index (χ3v) is 4.20. The maximum absolute atomic E-state index is 11.6. The lowest BCUT2D eigenvalue weighted by Gasteiger charge is -2.14. The summed E-state index contributed by atoms with van der Waals surface area (Å²) >= 11 is 6.46. The SMILES string of the molecule is CCOC(=O)C(C)Oc1ccc(Oc2ccc3ccccc3c2Cl)cc1. The Morgan fingerprint density at radius 2 is 1.69 bits per heavy atom. The van der Waals surface area contributed by atoms with Crippen molar-refractivity contribution >= 4 is 28.3 Å². The summed E-state index contributed by atoms with van der Waals surface area (Å²) in [7, 11) is 0. The second kappa shape index (κ2) is 8.11. The fourth-order valence-electron chi connectivity index (χ4n) is 2.52. The van der Waals surface area contributed by atoms with Crippen LogP contribution in [0.1, 0.15) is 13.8 Å². The number of esters is 1. The number of benzene rings is 3. The highest BCUT2D eigenvalue weighted by Crippen LogP contribution is 2.35. The molecule has 0 amide bonds. The van der Waals surface area contributed by atoms with E-state index < -0.39 is 12.1 Å². The predicted molar refractivity (Wildman–Crippen MR) is 102 cm³/mol. The van der Waals surface area contributed by atoms with Gasteiger partial charge in [-0.15, -0.1) is 0 Å². The second-order valence-electron chi connectivity index (χ2n) is 5.68. The summed E-state index contributed by atoms with van der Waals surface area (Å²) in [4.78, 5) is 11.6. The van der Waals surface area contributed by atoms with E-state index in [-0.39, 0.29) is 0 Å². The number of carbonyl (C=O) groups is 1. The fourth-order valence-corrected chi connectivity index (χ4v) is 2.79. The van der Waals surface area contributed by atoms with Crippen LogP contribution in [-0.4, -0.2) is 18.7 Å². The molecule has 26 heavy (non-hydrogen) atoms. The molecule has 1 unspecified atom stereocenters. The van der Waals surface area contributed by atoms with Crippen molar-refractivity contribution in [3.63, 3.8) is 0 Å². The van der Waals surface area contributed by atoms with Crippen LogP contribution >= 0.6 is 11.6 Å². The Balaban J connectivity index is 1.72. The average molecular weight is 371 g/mol. The summed E-state index contributed by atoms with van der Waals surface area (Å²) in [6.07, 6.45) is -0.670. The van der Waals surface area contributed by atoms with Crippen LogP contribution in [0.2, 0.25) is 5.02 Å². The molecule has 3 rings (SSSR count). The molecule has 0 spiro atoms. The Labute approximate surface area is 157 Å². The van der Waals surface area contributed by atoms with E-state index in [1.54, 1.807) is 38.1 Å². The van der Waals surface area contributed by atoms with Gasteiger partial charge in [0, 0.05) is 5.39 Å². The zero-order chi connectivity index (χ0) is 18.5. The first-order valence-corrected chi connectivity index (χ1v) is 8.74. The second-order valence-corrected chi connectivity index (χ2v) is 6.06. The molecule has 0 aliphatic rings. The van der Waals surface area contributed by atoms with Gasteiger partial charge in [0.2, 0.25) is 0 Å². The van der Waals surface area contributed by atoms with E-state index in [0.29, 0.717) is 28.9 Å². The van der Waals surface area contributed by atoms with Crippen molar-refractivity contribution in [1.29, 1.82) is 0 Å². The quantitative estimate of drug-likeness (QED) is 0.528. The lowest BCUT2D eigenvalue weighted by molar-refractivity contribution is -0.150. The van der Waals surface area contributed by atoms with Gasteiger partial charge in [-0.3, -0.25) is 0 Å². The molecule has 0 fully saturated rings. The van der Waals surface area contributed by atoms with Gasteiger partial charge in [0.1, 0.15) is 17.2 Å². The molecule has 0 aliphatic heterocycles. The maximum Gasteiger partial charge on any atom is 0.347 e. The minimum absolute atomic E-state index is 0.325. The molecule has 0 saturated carbocycles. The van der Waals surface area contributed by atoms with E-state index in [1.807, 2.05) is 36.4 Å². The van der Waals surface area contributed by atoms with Crippen LogP contribution in [0.5, 0.6) is 17.2 Å². The zero-order valence-corrected chi connectivity index (χ0v) is 15.3. The lowest BCUT2D eigenvalue weighted by Crippen LogP contribution is -2.25. The number of rotatable bonds is 6. The molecule has 0 bridgehead atoms. The normalized spacial score (nSPS) is 11.8. The van der Waals surface area contributed by atoms with Gasteiger partial charge >= 0.3 is 5.97 Å². The molecule has 134 valence electrons. The van der Waals surface area contributed by atoms with Crippen LogP contribution in [0.3, 0.4) is 0 Å². The summed E-state index contributed by atoms with van der Waals surface area (Å²) in [5, 5.41) is 2.57. The molecule has 0 saturated heterocycles. The van der Waals surface area contributed by atoms with E-state index in [9.17, 15) is 4.79 Å². The van der Waals surface area contributed by atoms with E-state index in [0.717, 1.165) is 10.8 Å². The van der Waals surface area contributed by atoms with Crippen molar-refractivity contribution in [1.82, 2.24) is 0 Å². The van der Waals surface area contributed by atoms with E-state index >= 15 is 0 Å². The van der Waals surface area contributed by atoms with Gasteiger partial charge in [-0.25, -0.2) is 4.79 Å². The Morgan fingerprint density at radius 1 is 1.00 bits per heavy atom. The summed E-state index contributed by atoms with van der Waals surface area (Å²) in [6.45, 7) is 3.73. The van der Waals surface area contributed by atoms with Gasteiger partial charge in [-0.05, 0) is 49.6 Å². The molecule has 3 aromatic rings. The van der Waals surface area contributed by atoms with Crippen LogP contribution in [0.15, 0.2) is 60.7 Å². The summed E-state index contributed by atoms with van der Waals surface area (Å²) in [5.74, 6) is 1.37. The number of hydrogen-bond donors (Lipinski definition) is 0. The van der Waals surface area contributed by atoms with Gasteiger partial charge in [-0.2, -0.15) is 0 Å². The van der Waals surface area contributed by atoms with Gasteiger partial charge in [-0.1, -0.05) is 41.9 Å². The van der Waals surface area contributed by atoms with Crippen molar-refractivity contribution in [2.45, 2.75) is 20.0 Å². The van der Waals surface area contributed by atoms with Crippen LogP contribution in [-0.2, 0) is 9.53 Å². The number of carbonyl (C=O) groups excluding carboxylic acids is 1. The van der Waals surface area contributed by atoms with Crippen LogP contribution in [0, 0.1) is 0 Å². The largest absolute Gasteiger partial charge is 0.479 e. The lowest BCUT2D eigenvalue weighted by atomic mass is 10.1. The molecular weight excluding hydrogens is 352 g/mol. The molecule has 1 atom stereocenters. The first kappa shape index (κ1) is 18.1. The third-order valence-electron chi connectivity index (χ3n) is 3.81. The molecule has 3 aromatic carbocycles. The zero-order valence-electron chi connectivity index (χ0n) is 14.6. The molecule has 0 aromatic heterocycles. The van der Waals surface area contributed by atoms with E-state index in [2.05, 4.69) is 0 Å². The Kier molecular flexibility index (Phi) is 5.64. The number of fused-ring (bicyclic) bond motifs is 1. The molecule has 5 heteroatoms. The molecule has 4 nitrogen and oxygen atoms in total. The highest BCUT2D eigenvalue weighted by Gasteiger charge is 2.15. The molecule has 0 aliphatic carbocycles. The highest BCUT2D eigenvalue weighted by molar-refractivity contribution is 6.37. The minimum atomic E-state index is -0.670. The third kappa shape index (κ3) is 4.09. The number of hydrogen-bond acceptors (Lipinski definition) is 4. The standard InChI is InChI=1S/C21H19ClO4/c1-3-24-21(23)14(2)25-16-9-11-17(12-10-16)26-19-13-8-15-6-4-5-7-18(15)20(19)22/h4-14H,3H2,1-2H3. The van der Waals surface area contributed by atoms with Crippen molar-refractivity contribution in [2.75, 3.05) is 6.61 Å². The summed E-state index contributed by atoms with van der Waals surface area (Å²) < 4.78 is 16.4. The summed E-state index contributed by atoms with van der Waals surface area (Å²) in [6, 6.07) is 18.7. The smallest absolute Gasteiger partial charge is 0.347 e. The monoisotopic (exact) mass is 370 g/mol. The number of ether oxygens (including phenoxy) is 3. The van der Waals surface area contributed by atoms with Gasteiger partial charge in [0.05, 0.1) is 11.6 Å². The Bertz CT molecular complexity index is 906. The fraction of sp³-hybridized carbons (Fsp3) is 0.190. The van der Waals surface area contributed by atoms with Gasteiger partial charge < -0.3 is 14.2 Å². The number of halogens is 1. The van der Waals surface area contributed by atoms with Crippen LogP contribution in [0.25, 0.3) is 10.8 Å². The first-order chi connectivity index (χ1) is 12.6. The molecule has 0 N–H and O–H groups in total. The average Bonchev–Trinajstić information content (AvgIpc) is 2.66. The van der Waals surface area contributed by atoms with Gasteiger partial charge in [0.15, 0.2) is 6.10 Å². The predicted octanol–water partition coefficient (Wildman–Crippen LogP) is 5.62. The molecular formula is C21H19ClO4. The minimum Gasteiger partial charge on any atom is -0.479 e. The topological polar surface area (TPSA) is 44.8 Å². The first-order valence-electron chi connectivity index (χ1n) is 8.37. The van der Waals surface area contributed by atoms with Crippen molar-refractivity contribution < 1.29 is 19.0 Å². The maximum atomic E-state index is 11.6. The summed E-state index contributed by atoms with van der Waals surface area (Å²) in [5.41, 5.74) is 0. The highest BCUT2D eigenvalue weighted by atomic mass is 35.5. The Hall–Kier alpha value is -2.72. The van der Waals surface area contributed by atoms with Gasteiger partial charge in [0.25, 0.3) is 0 Å².